The molecule has 0 spiro atoms. The average Bonchev–Trinajstić information content (AvgIpc) is 2.65. The van der Waals surface area contributed by atoms with Crippen molar-refractivity contribution in [3.63, 3.8) is 0 Å². The Kier molecular flexibility index (Phi) is 5.62. The molecule has 0 saturated carbocycles. The highest BCUT2D eigenvalue weighted by molar-refractivity contribution is 7.92. The summed E-state index contributed by atoms with van der Waals surface area (Å²) < 4.78 is 103. The van der Waals surface area contributed by atoms with Crippen LogP contribution >= 0.6 is 0 Å². The lowest BCUT2D eigenvalue weighted by atomic mass is 9.92. The van der Waals surface area contributed by atoms with E-state index in [1.54, 1.807) is 6.07 Å². The van der Waals surface area contributed by atoms with E-state index < -0.39 is 33.5 Å². The molecule has 0 heterocycles. The van der Waals surface area contributed by atoms with Crippen LogP contribution in [0.3, 0.4) is 0 Å². The van der Waals surface area contributed by atoms with Gasteiger partial charge in [-0.25, -0.2) is 8.42 Å². The third kappa shape index (κ3) is 3.88. The molecule has 0 unspecified atom stereocenters. The molecule has 156 valence electrons. The molecule has 12 heteroatoms. The summed E-state index contributed by atoms with van der Waals surface area (Å²) in [5.74, 6) is 0. The first-order chi connectivity index (χ1) is 13.2. The second-order valence-corrected chi connectivity index (χ2v) is 7.83. The van der Waals surface area contributed by atoms with Gasteiger partial charge in [0, 0.05) is 12.6 Å². The highest BCUT2D eigenvalue weighted by atomic mass is 32.2. The predicted octanol–water partition coefficient (Wildman–Crippen LogP) is 3.70. The van der Waals surface area contributed by atoms with Gasteiger partial charge in [-0.3, -0.25) is 4.31 Å². The normalized spacial score (nSPS) is 13.1. The molecule has 0 saturated heterocycles. The molecule has 0 radical (unpaired) electrons. The van der Waals surface area contributed by atoms with E-state index in [-0.39, 0.29) is 16.1 Å². The van der Waals surface area contributed by atoms with Crippen LogP contribution in [-0.2, 0) is 15.6 Å². The fraction of sp³-hybridized carbons (Fsp3) is 0.235. The molecule has 1 N–H and O–H groups in total. The highest BCUT2D eigenvalue weighted by Gasteiger charge is 2.71. The second kappa shape index (κ2) is 7.23. The molecule has 0 amide bonds. The van der Waals surface area contributed by atoms with E-state index in [0.717, 1.165) is 19.2 Å². The number of sulfonamides is 1. The third-order valence-electron chi connectivity index (χ3n) is 4.11. The van der Waals surface area contributed by atoms with Gasteiger partial charge in [-0.15, -0.1) is 0 Å². The van der Waals surface area contributed by atoms with E-state index in [9.17, 15) is 39.9 Å². The van der Waals surface area contributed by atoms with Gasteiger partial charge in [0.25, 0.3) is 15.6 Å². The molecular weight excluding hydrogens is 426 g/mol. The SMILES string of the molecule is CN(c1ccc(C(O)(C(F)(F)F)C(F)(F)F)cc1)S(=O)(=O)c1ccc(C#N)cc1. The summed E-state index contributed by atoms with van der Waals surface area (Å²) in [6, 6.07) is 8.63. The first-order valence-corrected chi connectivity index (χ1v) is 9.05. The number of hydrogen-bond acceptors (Lipinski definition) is 4. The first kappa shape index (κ1) is 22.5. The molecule has 29 heavy (non-hydrogen) atoms. The minimum Gasteiger partial charge on any atom is -0.369 e. The molecule has 0 atom stereocenters. The summed E-state index contributed by atoms with van der Waals surface area (Å²) in [4.78, 5) is -0.245. The number of rotatable bonds is 4. The molecule has 0 bridgehead atoms. The lowest BCUT2D eigenvalue weighted by Crippen LogP contribution is -2.53. The third-order valence-corrected chi connectivity index (χ3v) is 5.91. The molecule has 5 nitrogen and oxygen atoms in total. The number of nitrogens with zero attached hydrogens (tertiary/aromatic N) is 2. The highest BCUT2D eigenvalue weighted by Crippen LogP contribution is 2.50. The molecule has 0 aromatic heterocycles. The average molecular weight is 438 g/mol. The van der Waals surface area contributed by atoms with Crippen LogP contribution in [-0.4, -0.2) is 32.9 Å². The molecule has 2 aromatic rings. The van der Waals surface area contributed by atoms with Crippen LogP contribution < -0.4 is 4.31 Å². The van der Waals surface area contributed by atoms with Gasteiger partial charge in [-0.1, -0.05) is 12.1 Å². The molecule has 2 rings (SSSR count). The second-order valence-electron chi connectivity index (χ2n) is 5.86. The van der Waals surface area contributed by atoms with Crippen molar-refractivity contribution >= 4 is 15.7 Å². The molecule has 0 aliphatic rings. The predicted molar refractivity (Wildman–Crippen MR) is 89.2 cm³/mol. The fourth-order valence-electron chi connectivity index (χ4n) is 2.40. The minimum atomic E-state index is -6.05. The zero-order valence-corrected chi connectivity index (χ0v) is 15.3. The van der Waals surface area contributed by atoms with E-state index >= 15 is 0 Å². The van der Waals surface area contributed by atoms with Crippen molar-refractivity contribution in [1.82, 2.24) is 0 Å². The number of anilines is 1. The summed E-state index contributed by atoms with van der Waals surface area (Å²) in [6.07, 6.45) is -12.1. The Labute approximate surface area is 161 Å². The number of alkyl halides is 6. The molecule has 0 aliphatic heterocycles. The number of hydrogen-bond donors (Lipinski definition) is 1. The van der Waals surface area contributed by atoms with Crippen LogP contribution in [0.4, 0.5) is 32.0 Å². The number of halogens is 6. The lowest BCUT2D eigenvalue weighted by Gasteiger charge is -2.33. The van der Waals surface area contributed by atoms with Crippen molar-refractivity contribution < 1.29 is 39.9 Å². The lowest BCUT2D eigenvalue weighted by molar-refractivity contribution is -0.376. The van der Waals surface area contributed by atoms with Gasteiger partial charge in [0.05, 0.1) is 22.2 Å². The number of aliphatic hydroxyl groups is 1. The smallest absolute Gasteiger partial charge is 0.369 e. The summed E-state index contributed by atoms with van der Waals surface area (Å²) in [5.41, 5.74) is -6.67. The van der Waals surface area contributed by atoms with E-state index in [0.29, 0.717) is 28.6 Å². The Morgan fingerprint density at radius 1 is 0.897 bits per heavy atom. The van der Waals surface area contributed by atoms with Crippen LogP contribution in [0.1, 0.15) is 11.1 Å². The van der Waals surface area contributed by atoms with Crippen molar-refractivity contribution in [3.05, 3.63) is 59.7 Å². The number of nitriles is 1. The number of benzene rings is 2. The molecule has 0 fully saturated rings. The Morgan fingerprint density at radius 2 is 1.34 bits per heavy atom. The zero-order valence-electron chi connectivity index (χ0n) is 14.5. The largest absolute Gasteiger partial charge is 0.430 e. The van der Waals surface area contributed by atoms with Crippen LogP contribution in [0.5, 0.6) is 0 Å². The summed E-state index contributed by atoms with van der Waals surface area (Å²) in [5, 5.41) is 18.1. The maximum absolute atomic E-state index is 12.9. The van der Waals surface area contributed by atoms with Crippen LogP contribution in [0.2, 0.25) is 0 Å². The molecule has 0 aliphatic carbocycles. The monoisotopic (exact) mass is 438 g/mol. The van der Waals surface area contributed by atoms with E-state index in [4.69, 9.17) is 5.26 Å². The quantitative estimate of drug-likeness (QED) is 0.739. The van der Waals surface area contributed by atoms with E-state index in [2.05, 4.69) is 0 Å². The Bertz CT molecular complexity index is 1010. The Balaban J connectivity index is 2.44. The van der Waals surface area contributed by atoms with Gasteiger partial charge >= 0.3 is 12.4 Å². The molecule has 2 aromatic carbocycles. The summed E-state index contributed by atoms with van der Waals surface area (Å²) in [6.45, 7) is 0. The van der Waals surface area contributed by atoms with Gasteiger partial charge in [0.15, 0.2) is 0 Å². The van der Waals surface area contributed by atoms with Crippen LogP contribution in [0.15, 0.2) is 53.4 Å². The fourth-order valence-corrected chi connectivity index (χ4v) is 3.59. The van der Waals surface area contributed by atoms with Crippen molar-refractivity contribution in [2.24, 2.45) is 0 Å². The topological polar surface area (TPSA) is 81.4 Å². The van der Waals surface area contributed by atoms with Crippen LogP contribution in [0, 0.1) is 11.3 Å². The van der Waals surface area contributed by atoms with Gasteiger partial charge in [-0.2, -0.15) is 31.6 Å². The van der Waals surface area contributed by atoms with E-state index in [1.165, 1.54) is 12.1 Å². The van der Waals surface area contributed by atoms with Crippen molar-refractivity contribution in [2.45, 2.75) is 22.8 Å². The Morgan fingerprint density at radius 3 is 1.72 bits per heavy atom. The maximum atomic E-state index is 12.9. The van der Waals surface area contributed by atoms with E-state index in [1.807, 2.05) is 0 Å². The van der Waals surface area contributed by atoms with Gasteiger partial charge in [0.2, 0.25) is 0 Å². The van der Waals surface area contributed by atoms with Crippen LogP contribution in [0.25, 0.3) is 0 Å². The van der Waals surface area contributed by atoms with Crippen molar-refractivity contribution in [1.29, 1.82) is 5.26 Å². The van der Waals surface area contributed by atoms with Gasteiger partial charge in [0.1, 0.15) is 0 Å². The minimum absolute atomic E-state index is 0.189. The first-order valence-electron chi connectivity index (χ1n) is 7.61. The summed E-state index contributed by atoms with van der Waals surface area (Å²) in [7, 11) is -3.16. The Hall–Kier alpha value is -2.78. The zero-order chi connectivity index (χ0) is 22.3. The standard InChI is InChI=1S/C17H12F6N2O3S/c1-25(29(27,28)14-8-2-11(10-24)3-9-14)13-6-4-12(5-7-13)15(26,16(18,19)20)17(21,22)23/h2-9,26H,1H3. The van der Waals surface area contributed by atoms with Gasteiger partial charge in [-0.05, 0) is 36.4 Å². The summed E-state index contributed by atoms with van der Waals surface area (Å²) >= 11 is 0. The maximum Gasteiger partial charge on any atom is 0.430 e. The molecular formula is C17H12F6N2O3S. The van der Waals surface area contributed by atoms with Gasteiger partial charge < -0.3 is 5.11 Å². The van der Waals surface area contributed by atoms with Crippen molar-refractivity contribution in [3.8, 4) is 6.07 Å². The van der Waals surface area contributed by atoms with Crippen molar-refractivity contribution in [2.75, 3.05) is 11.4 Å².